The van der Waals surface area contributed by atoms with Crippen molar-refractivity contribution in [1.29, 1.82) is 0 Å². The Balaban J connectivity index is 1.83. The zero-order valence-electron chi connectivity index (χ0n) is 16.0. The molecule has 1 aliphatic carbocycles. The van der Waals surface area contributed by atoms with E-state index in [0.717, 1.165) is 22.4 Å². The summed E-state index contributed by atoms with van der Waals surface area (Å²) in [6.07, 6.45) is 1.90. The number of aromatic amines is 1. The molecule has 2 N–H and O–H groups in total. The van der Waals surface area contributed by atoms with Crippen molar-refractivity contribution in [3.8, 4) is 11.3 Å². The van der Waals surface area contributed by atoms with Crippen molar-refractivity contribution in [2.45, 2.75) is 26.4 Å². The molecule has 9 nitrogen and oxygen atoms in total. The lowest BCUT2D eigenvalue weighted by Crippen LogP contribution is -2.13. The van der Waals surface area contributed by atoms with E-state index in [-0.39, 0.29) is 30.7 Å². The number of H-pyrrole nitrogens is 1. The molecule has 0 aliphatic heterocycles. The fourth-order valence-electron chi connectivity index (χ4n) is 3.73. The molecule has 1 aliphatic rings. The van der Waals surface area contributed by atoms with Crippen LogP contribution in [0.1, 0.15) is 41.2 Å². The van der Waals surface area contributed by atoms with Crippen molar-refractivity contribution in [2.75, 3.05) is 13.2 Å². The van der Waals surface area contributed by atoms with Crippen molar-refractivity contribution in [3.63, 3.8) is 0 Å². The molecule has 0 amide bonds. The molecule has 0 saturated heterocycles. The molecular weight excluding hydrogens is 397 g/mol. The second-order valence-corrected chi connectivity index (χ2v) is 8.68. The number of rotatable bonds is 7. The first kappa shape index (κ1) is 19.6. The van der Waals surface area contributed by atoms with E-state index in [1.165, 1.54) is 10.6 Å². The van der Waals surface area contributed by atoms with E-state index in [9.17, 15) is 19.3 Å². The van der Waals surface area contributed by atoms with E-state index < -0.39 is 19.1 Å². The van der Waals surface area contributed by atoms with Gasteiger partial charge in [0.05, 0.1) is 30.8 Å². The molecule has 0 atom stereocenters. The SMILES string of the molecule is CCOP(=O)(Cc1cccc2c1Cc1c-2[nH]c(=O)c2nc(C(=O)O)cn12)OCC. The van der Waals surface area contributed by atoms with Crippen LogP contribution in [0.5, 0.6) is 0 Å². The van der Waals surface area contributed by atoms with Gasteiger partial charge in [0.25, 0.3) is 5.56 Å². The monoisotopic (exact) mass is 417 g/mol. The number of carboxylic acid groups (broad SMARTS) is 1. The van der Waals surface area contributed by atoms with Gasteiger partial charge in [0.1, 0.15) is 0 Å². The number of benzene rings is 1. The van der Waals surface area contributed by atoms with Gasteiger partial charge in [-0.25, -0.2) is 9.78 Å². The summed E-state index contributed by atoms with van der Waals surface area (Å²) in [5, 5.41) is 9.22. The number of hydrogen-bond acceptors (Lipinski definition) is 6. The third-order valence-corrected chi connectivity index (χ3v) is 6.88. The third kappa shape index (κ3) is 3.31. The molecule has 0 bridgehead atoms. The summed E-state index contributed by atoms with van der Waals surface area (Å²) in [7, 11) is -3.30. The molecule has 0 unspecified atom stereocenters. The number of nitrogens with one attached hydrogen (secondary N) is 1. The van der Waals surface area contributed by atoms with Crippen LogP contribution in [0, 0.1) is 0 Å². The molecular formula is C19H20N3O6P. The largest absolute Gasteiger partial charge is 0.476 e. The van der Waals surface area contributed by atoms with E-state index in [1.54, 1.807) is 13.8 Å². The number of carbonyl (C=O) groups is 1. The smallest absolute Gasteiger partial charge is 0.356 e. The predicted octanol–water partition coefficient (Wildman–Crippen LogP) is 3.06. The van der Waals surface area contributed by atoms with Crippen LogP contribution in [-0.2, 0) is 26.2 Å². The van der Waals surface area contributed by atoms with Gasteiger partial charge in [0.2, 0.25) is 5.65 Å². The van der Waals surface area contributed by atoms with Gasteiger partial charge in [0.15, 0.2) is 5.69 Å². The zero-order chi connectivity index (χ0) is 20.8. The minimum Gasteiger partial charge on any atom is -0.476 e. The van der Waals surface area contributed by atoms with E-state index >= 15 is 0 Å². The molecule has 4 rings (SSSR count). The second-order valence-electron chi connectivity index (χ2n) is 6.63. The molecule has 0 fully saturated rings. The molecule has 0 radical (unpaired) electrons. The summed E-state index contributed by atoms with van der Waals surface area (Å²) >= 11 is 0. The summed E-state index contributed by atoms with van der Waals surface area (Å²) < 4.78 is 25.4. The van der Waals surface area contributed by atoms with Crippen molar-refractivity contribution in [1.82, 2.24) is 14.4 Å². The van der Waals surface area contributed by atoms with E-state index in [0.29, 0.717) is 12.1 Å². The van der Waals surface area contributed by atoms with Crippen LogP contribution in [0.15, 0.2) is 29.2 Å². The maximum Gasteiger partial charge on any atom is 0.356 e. The maximum absolute atomic E-state index is 13.0. The number of imidazole rings is 1. The molecule has 152 valence electrons. The lowest BCUT2D eigenvalue weighted by Gasteiger charge is -2.18. The standard InChI is InChI=1S/C19H20N3O6P/c1-3-27-29(26,28-4-2)10-11-6-5-7-12-13(11)8-15-16(12)21-18(23)17-20-14(19(24)25)9-22(15)17/h5-7,9H,3-4,8,10H2,1-2H3,(H,21,23)(H,24,25). The third-order valence-electron chi connectivity index (χ3n) is 4.85. The van der Waals surface area contributed by atoms with Crippen molar-refractivity contribution >= 4 is 19.2 Å². The molecule has 29 heavy (non-hydrogen) atoms. The Morgan fingerprint density at radius 1 is 1.31 bits per heavy atom. The Morgan fingerprint density at radius 2 is 2.03 bits per heavy atom. The molecule has 1 aromatic carbocycles. The van der Waals surface area contributed by atoms with Crippen LogP contribution in [-0.4, -0.2) is 38.7 Å². The number of nitrogens with zero attached hydrogens (tertiary/aromatic N) is 2. The number of hydrogen-bond donors (Lipinski definition) is 2. The summed E-state index contributed by atoms with van der Waals surface area (Å²) in [5.74, 6) is -1.20. The van der Waals surface area contributed by atoms with Crippen LogP contribution in [0.25, 0.3) is 16.9 Å². The van der Waals surface area contributed by atoms with E-state index in [1.807, 2.05) is 18.2 Å². The van der Waals surface area contributed by atoms with Gasteiger partial charge in [-0.3, -0.25) is 13.8 Å². The Hall–Kier alpha value is -2.74. The Kier molecular flexibility index (Phi) is 4.90. The summed E-state index contributed by atoms with van der Waals surface area (Å²) in [4.78, 5) is 30.5. The second kappa shape index (κ2) is 7.26. The topological polar surface area (TPSA) is 123 Å². The van der Waals surface area contributed by atoms with Crippen molar-refractivity contribution in [2.24, 2.45) is 0 Å². The van der Waals surface area contributed by atoms with Gasteiger partial charge in [0, 0.05) is 18.2 Å². The van der Waals surface area contributed by atoms with Crippen LogP contribution in [0.4, 0.5) is 0 Å². The quantitative estimate of drug-likeness (QED) is 0.443. The van der Waals surface area contributed by atoms with Gasteiger partial charge >= 0.3 is 13.6 Å². The highest BCUT2D eigenvalue weighted by Crippen LogP contribution is 2.52. The van der Waals surface area contributed by atoms with Gasteiger partial charge < -0.3 is 19.1 Å². The van der Waals surface area contributed by atoms with Crippen LogP contribution in [0.3, 0.4) is 0 Å². The average Bonchev–Trinajstić information content (AvgIpc) is 3.25. The normalized spacial score (nSPS) is 12.9. The summed E-state index contributed by atoms with van der Waals surface area (Å²) in [6, 6.07) is 5.56. The van der Waals surface area contributed by atoms with Crippen LogP contribution >= 0.6 is 7.60 Å². The Morgan fingerprint density at radius 3 is 2.69 bits per heavy atom. The Labute approximate surface area is 165 Å². The van der Waals surface area contributed by atoms with Crippen LogP contribution < -0.4 is 5.56 Å². The van der Waals surface area contributed by atoms with Gasteiger partial charge in [-0.2, -0.15) is 0 Å². The number of carboxylic acids is 1. The average molecular weight is 417 g/mol. The number of aromatic carboxylic acids is 1. The maximum atomic E-state index is 13.0. The van der Waals surface area contributed by atoms with E-state index in [2.05, 4.69) is 9.97 Å². The number of fused-ring (bicyclic) bond motifs is 5. The lowest BCUT2D eigenvalue weighted by molar-refractivity contribution is 0.0691. The summed E-state index contributed by atoms with van der Waals surface area (Å²) in [5.41, 5.74) is 3.21. The first-order valence-electron chi connectivity index (χ1n) is 9.23. The highest BCUT2D eigenvalue weighted by Gasteiger charge is 2.30. The van der Waals surface area contributed by atoms with E-state index in [4.69, 9.17) is 9.05 Å². The van der Waals surface area contributed by atoms with Gasteiger partial charge in [-0.1, -0.05) is 18.2 Å². The van der Waals surface area contributed by atoms with Crippen molar-refractivity contribution in [3.05, 3.63) is 57.3 Å². The highest BCUT2D eigenvalue weighted by molar-refractivity contribution is 7.53. The van der Waals surface area contributed by atoms with Gasteiger partial charge in [-0.05, 0) is 25.0 Å². The first-order chi connectivity index (χ1) is 13.9. The lowest BCUT2D eigenvalue weighted by atomic mass is 10.0. The van der Waals surface area contributed by atoms with Crippen molar-refractivity contribution < 1.29 is 23.5 Å². The Bertz CT molecular complexity index is 1220. The first-order valence-corrected chi connectivity index (χ1v) is 11.0. The zero-order valence-corrected chi connectivity index (χ0v) is 16.9. The molecule has 0 saturated carbocycles. The molecule has 0 spiro atoms. The minimum absolute atomic E-state index is 0.0322. The molecule has 2 heterocycles. The molecule has 3 aromatic rings. The van der Waals surface area contributed by atoms with Gasteiger partial charge in [-0.15, -0.1) is 0 Å². The fraction of sp³-hybridized carbons (Fsp3) is 0.316. The fourth-order valence-corrected chi connectivity index (χ4v) is 5.49. The minimum atomic E-state index is -3.30. The predicted molar refractivity (Wildman–Crippen MR) is 106 cm³/mol. The highest BCUT2D eigenvalue weighted by atomic mass is 31.2. The molecule has 2 aromatic heterocycles. The summed E-state index contributed by atoms with van der Waals surface area (Å²) in [6.45, 7) is 4.07. The molecule has 10 heteroatoms. The van der Waals surface area contributed by atoms with Crippen LogP contribution in [0.2, 0.25) is 0 Å². The number of aromatic nitrogens is 3.